The molecule has 1 saturated carbocycles. The van der Waals surface area contributed by atoms with Gasteiger partial charge in [0, 0.05) is 31.4 Å². The summed E-state index contributed by atoms with van der Waals surface area (Å²) in [5, 5.41) is 13.9. The average molecular weight is 288 g/mol. The fourth-order valence-corrected chi connectivity index (χ4v) is 3.21. The Morgan fingerprint density at radius 3 is 2.86 bits per heavy atom. The van der Waals surface area contributed by atoms with Crippen molar-refractivity contribution < 1.29 is 5.11 Å². The van der Waals surface area contributed by atoms with Gasteiger partial charge in [-0.2, -0.15) is 0 Å². The maximum Gasteiger partial charge on any atom is 0.0637 e. The standard InChI is InChI=1S/C18H28N2O/c1-14-4-7-17(15(12-14)13-19-16-5-6-16)20-10-3-8-18(2,21)9-11-20/h4,7,12,16,19,21H,3,5-6,8-11,13H2,1-2H3. The molecule has 0 amide bonds. The van der Waals surface area contributed by atoms with Gasteiger partial charge in [-0.05, 0) is 57.6 Å². The predicted octanol–water partition coefficient (Wildman–Crippen LogP) is 2.99. The Kier molecular flexibility index (Phi) is 4.23. The summed E-state index contributed by atoms with van der Waals surface area (Å²) in [6.07, 6.45) is 5.49. The smallest absolute Gasteiger partial charge is 0.0637 e. The van der Waals surface area contributed by atoms with Crippen molar-refractivity contribution in [1.82, 2.24) is 5.32 Å². The second kappa shape index (κ2) is 5.98. The van der Waals surface area contributed by atoms with Gasteiger partial charge >= 0.3 is 0 Å². The molecule has 1 aromatic rings. The molecular formula is C18H28N2O. The number of aliphatic hydroxyl groups is 1. The van der Waals surface area contributed by atoms with Crippen molar-refractivity contribution in [3.63, 3.8) is 0 Å². The van der Waals surface area contributed by atoms with Gasteiger partial charge in [0.05, 0.1) is 5.60 Å². The Hall–Kier alpha value is -1.06. The number of benzene rings is 1. The highest BCUT2D eigenvalue weighted by molar-refractivity contribution is 5.55. The van der Waals surface area contributed by atoms with Gasteiger partial charge in [-0.1, -0.05) is 17.7 Å². The molecule has 3 nitrogen and oxygen atoms in total. The van der Waals surface area contributed by atoms with Crippen LogP contribution in [0.15, 0.2) is 18.2 Å². The van der Waals surface area contributed by atoms with E-state index in [1.54, 1.807) is 0 Å². The lowest BCUT2D eigenvalue weighted by molar-refractivity contribution is 0.0481. The van der Waals surface area contributed by atoms with Gasteiger partial charge in [-0.25, -0.2) is 0 Å². The molecule has 1 heterocycles. The summed E-state index contributed by atoms with van der Waals surface area (Å²) in [7, 11) is 0. The molecule has 1 atom stereocenters. The molecule has 0 aromatic heterocycles. The van der Waals surface area contributed by atoms with E-state index in [9.17, 15) is 5.11 Å². The van der Waals surface area contributed by atoms with Crippen LogP contribution in [0.1, 0.15) is 50.2 Å². The van der Waals surface area contributed by atoms with E-state index in [4.69, 9.17) is 0 Å². The van der Waals surface area contributed by atoms with Crippen molar-refractivity contribution in [2.24, 2.45) is 0 Å². The normalized spacial score (nSPS) is 26.7. The van der Waals surface area contributed by atoms with E-state index in [1.165, 1.54) is 29.7 Å². The van der Waals surface area contributed by atoms with E-state index in [1.807, 2.05) is 6.92 Å². The van der Waals surface area contributed by atoms with Crippen molar-refractivity contribution in [3.05, 3.63) is 29.3 Å². The minimum Gasteiger partial charge on any atom is -0.390 e. The first-order valence-electron chi connectivity index (χ1n) is 8.34. The summed E-state index contributed by atoms with van der Waals surface area (Å²) < 4.78 is 0. The first kappa shape index (κ1) is 14.9. The summed E-state index contributed by atoms with van der Waals surface area (Å²) in [6.45, 7) is 7.11. The number of hydrogen-bond acceptors (Lipinski definition) is 3. The molecule has 1 aromatic carbocycles. The maximum atomic E-state index is 10.3. The lowest BCUT2D eigenvalue weighted by Gasteiger charge is -2.27. The molecule has 1 aliphatic carbocycles. The lowest BCUT2D eigenvalue weighted by Crippen LogP contribution is -2.29. The van der Waals surface area contributed by atoms with Crippen molar-refractivity contribution in [2.45, 2.75) is 64.1 Å². The minimum atomic E-state index is -0.494. The SMILES string of the molecule is Cc1ccc(N2CCCC(C)(O)CC2)c(CNC2CC2)c1. The summed E-state index contributed by atoms with van der Waals surface area (Å²) in [5.74, 6) is 0. The van der Waals surface area contributed by atoms with Crippen LogP contribution < -0.4 is 10.2 Å². The van der Waals surface area contributed by atoms with Gasteiger partial charge in [0.25, 0.3) is 0 Å². The average Bonchev–Trinajstić information content (AvgIpc) is 3.25. The Morgan fingerprint density at radius 1 is 1.29 bits per heavy atom. The molecule has 3 rings (SSSR count). The summed E-state index contributed by atoms with van der Waals surface area (Å²) in [6, 6.07) is 7.52. The van der Waals surface area contributed by atoms with Gasteiger partial charge < -0.3 is 15.3 Å². The number of aryl methyl sites for hydroxylation is 1. The number of rotatable bonds is 4. The molecule has 0 bridgehead atoms. The fraction of sp³-hybridized carbons (Fsp3) is 0.667. The molecule has 1 saturated heterocycles. The quantitative estimate of drug-likeness (QED) is 0.894. The van der Waals surface area contributed by atoms with E-state index in [-0.39, 0.29) is 0 Å². The second-order valence-corrected chi connectivity index (χ2v) is 7.12. The van der Waals surface area contributed by atoms with Crippen molar-refractivity contribution in [3.8, 4) is 0 Å². The zero-order valence-corrected chi connectivity index (χ0v) is 13.4. The van der Waals surface area contributed by atoms with E-state index in [0.29, 0.717) is 0 Å². The third-order valence-electron chi connectivity index (χ3n) is 4.80. The van der Waals surface area contributed by atoms with Crippen LogP contribution in [0.25, 0.3) is 0 Å². The number of nitrogens with one attached hydrogen (secondary N) is 1. The molecule has 1 unspecified atom stereocenters. The molecule has 116 valence electrons. The van der Waals surface area contributed by atoms with Gasteiger partial charge in [0.1, 0.15) is 0 Å². The van der Waals surface area contributed by atoms with Crippen molar-refractivity contribution >= 4 is 5.69 Å². The van der Waals surface area contributed by atoms with Crippen molar-refractivity contribution in [2.75, 3.05) is 18.0 Å². The Balaban J connectivity index is 1.76. The van der Waals surface area contributed by atoms with Crippen LogP contribution in [0, 0.1) is 6.92 Å². The minimum absolute atomic E-state index is 0.494. The zero-order chi connectivity index (χ0) is 14.9. The van der Waals surface area contributed by atoms with Crippen LogP contribution in [0.2, 0.25) is 0 Å². The van der Waals surface area contributed by atoms with Gasteiger partial charge in [0.15, 0.2) is 0 Å². The summed E-state index contributed by atoms with van der Waals surface area (Å²) in [5.41, 5.74) is 3.59. The predicted molar refractivity (Wildman–Crippen MR) is 87.7 cm³/mol. The number of anilines is 1. The molecule has 0 spiro atoms. The Bertz CT molecular complexity index is 494. The van der Waals surface area contributed by atoms with E-state index in [2.05, 4.69) is 35.3 Å². The van der Waals surface area contributed by atoms with Crippen LogP contribution in [0.5, 0.6) is 0 Å². The van der Waals surface area contributed by atoms with Crippen LogP contribution in [-0.2, 0) is 6.54 Å². The molecule has 2 aliphatic rings. The van der Waals surface area contributed by atoms with Gasteiger partial charge in [-0.15, -0.1) is 0 Å². The van der Waals surface area contributed by atoms with Crippen LogP contribution >= 0.6 is 0 Å². The molecule has 21 heavy (non-hydrogen) atoms. The summed E-state index contributed by atoms with van der Waals surface area (Å²) >= 11 is 0. The topological polar surface area (TPSA) is 35.5 Å². The third kappa shape index (κ3) is 3.98. The number of hydrogen-bond donors (Lipinski definition) is 2. The summed E-state index contributed by atoms with van der Waals surface area (Å²) in [4.78, 5) is 2.46. The molecule has 3 heteroatoms. The van der Waals surface area contributed by atoms with E-state index < -0.39 is 5.60 Å². The van der Waals surface area contributed by atoms with E-state index in [0.717, 1.165) is 44.9 Å². The molecule has 1 aliphatic heterocycles. The highest BCUT2D eigenvalue weighted by atomic mass is 16.3. The fourth-order valence-electron chi connectivity index (χ4n) is 3.21. The zero-order valence-electron chi connectivity index (χ0n) is 13.4. The second-order valence-electron chi connectivity index (χ2n) is 7.12. The van der Waals surface area contributed by atoms with Crippen LogP contribution in [0.3, 0.4) is 0 Å². The Labute approximate surface area is 128 Å². The number of nitrogens with zero attached hydrogens (tertiary/aromatic N) is 1. The van der Waals surface area contributed by atoms with Gasteiger partial charge in [-0.3, -0.25) is 0 Å². The first-order chi connectivity index (χ1) is 10.0. The van der Waals surface area contributed by atoms with E-state index >= 15 is 0 Å². The highest BCUT2D eigenvalue weighted by Gasteiger charge is 2.26. The third-order valence-corrected chi connectivity index (χ3v) is 4.80. The Morgan fingerprint density at radius 2 is 2.10 bits per heavy atom. The van der Waals surface area contributed by atoms with Crippen molar-refractivity contribution in [1.29, 1.82) is 0 Å². The molecule has 0 radical (unpaired) electrons. The molecule has 2 fully saturated rings. The monoisotopic (exact) mass is 288 g/mol. The molecular weight excluding hydrogens is 260 g/mol. The van der Waals surface area contributed by atoms with Crippen LogP contribution in [0.4, 0.5) is 5.69 Å². The first-order valence-corrected chi connectivity index (χ1v) is 8.34. The van der Waals surface area contributed by atoms with Crippen LogP contribution in [-0.4, -0.2) is 29.8 Å². The molecule has 2 N–H and O–H groups in total. The lowest BCUT2D eigenvalue weighted by atomic mass is 9.98. The largest absolute Gasteiger partial charge is 0.390 e. The highest BCUT2D eigenvalue weighted by Crippen LogP contribution is 2.29. The van der Waals surface area contributed by atoms with Gasteiger partial charge in [0.2, 0.25) is 0 Å². The maximum absolute atomic E-state index is 10.3.